The first kappa shape index (κ1) is 17.5. The molecule has 5 heteroatoms. The zero-order valence-corrected chi connectivity index (χ0v) is 15.8. The molecule has 0 atom stereocenters. The average molecular weight is 375 g/mol. The Hall–Kier alpha value is -2.92. The first-order valence-electron chi connectivity index (χ1n) is 9.07. The largest absolute Gasteiger partial charge is 0.368 e. The van der Waals surface area contributed by atoms with E-state index in [9.17, 15) is 4.79 Å². The maximum atomic E-state index is 12.5. The predicted octanol–water partition coefficient (Wildman–Crippen LogP) is 4.17. The Balaban J connectivity index is 1.34. The van der Waals surface area contributed by atoms with Crippen LogP contribution in [0.4, 0.5) is 5.69 Å². The molecule has 3 heterocycles. The molecule has 0 radical (unpaired) electrons. The topological polar surface area (TPSA) is 36.4 Å². The van der Waals surface area contributed by atoms with Crippen LogP contribution >= 0.6 is 11.3 Å². The van der Waals surface area contributed by atoms with Gasteiger partial charge in [-0.25, -0.2) is 0 Å². The Kier molecular flexibility index (Phi) is 5.30. The van der Waals surface area contributed by atoms with Gasteiger partial charge in [-0.3, -0.25) is 9.78 Å². The number of benzene rings is 1. The molecule has 27 heavy (non-hydrogen) atoms. The molecule has 1 aromatic carbocycles. The van der Waals surface area contributed by atoms with Crippen molar-refractivity contribution in [3.05, 3.63) is 77.9 Å². The molecule has 1 fully saturated rings. The smallest absolute Gasteiger partial charge is 0.246 e. The van der Waals surface area contributed by atoms with Gasteiger partial charge in [0.25, 0.3) is 0 Å². The van der Waals surface area contributed by atoms with Crippen LogP contribution in [0.2, 0.25) is 0 Å². The van der Waals surface area contributed by atoms with Gasteiger partial charge in [-0.05, 0) is 35.9 Å². The predicted molar refractivity (Wildman–Crippen MR) is 112 cm³/mol. The summed E-state index contributed by atoms with van der Waals surface area (Å²) in [7, 11) is 0. The van der Waals surface area contributed by atoms with Gasteiger partial charge < -0.3 is 9.80 Å². The second-order valence-corrected chi connectivity index (χ2v) is 7.53. The number of carbonyl (C=O) groups is 1. The third-order valence-corrected chi connectivity index (χ3v) is 5.79. The average Bonchev–Trinajstić information content (AvgIpc) is 3.22. The molecule has 0 bridgehead atoms. The zero-order chi connectivity index (χ0) is 18.5. The lowest BCUT2D eigenvalue weighted by atomic mass is 10.2. The molecule has 4 rings (SSSR count). The zero-order valence-electron chi connectivity index (χ0n) is 15.0. The molecule has 3 aromatic rings. The molecule has 1 aliphatic rings. The maximum Gasteiger partial charge on any atom is 0.246 e. The van der Waals surface area contributed by atoms with E-state index < -0.39 is 0 Å². The molecule has 1 amide bonds. The molecule has 136 valence electrons. The normalized spacial score (nSPS) is 14.7. The summed E-state index contributed by atoms with van der Waals surface area (Å²) in [5, 5.41) is 0. The number of hydrogen-bond acceptors (Lipinski definition) is 4. The van der Waals surface area contributed by atoms with Crippen molar-refractivity contribution in [3.63, 3.8) is 0 Å². The minimum atomic E-state index is 0.0824. The number of pyridine rings is 1. The number of piperazine rings is 1. The van der Waals surface area contributed by atoms with E-state index in [0.717, 1.165) is 31.1 Å². The van der Waals surface area contributed by atoms with Crippen molar-refractivity contribution >= 4 is 29.0 Å². The van der Waals surface area contributed by atoms with Crippen LogP contribution in [0.5, 0.6) is 0 Å². The number of carbonyl (C=O) groups excluding carboxylic acids is 1. The fourth-order valence-electron chi connectivity index (χ4n) is 3.20. The SMILES string of the molecule is O=C(/C=C/c1ccc(-c2ccccc2)s1)N1CCN(c2ccncc2)CC1. The standard InChI is InChI=1S/C22H21N3OS/c26-22(25-16-14-24(15-17-25)19-10-12-23-13-11-19)9-7-20-6-8-21(27-20)18-4-2-1-3-5-18/h1-13H,14-17H2/b9-7+. The van der Waals surface area contributed by atoms with Gasteiger partial charge in [0.15, 0.2) is 0 Å². The van der Waals surface area contributed by atoms with E-state index in [0.29, 0.717) is 0 Å². The Bertz CT molecular complexity index is 913. The van der Waals surface area contributed by atoms with Crippen molar-refractivity contribution in [1.29, 1.82) is 0 Å². The highest BCUT2D eigenvalue weighted by Crippen LogP contribution is 2.28. The monoisotopic (exact) mass is 375 g/mol. The van der Waals surface area contributed by atoms with Gasteiger partial charge in [-0.2, -0.15) is 0 Å². The van der Waals surface area contributed by atoms with Crippen molar-refractivity contribution < 1.29 is 4.79 Å². The number of amides is 1. The minimum absolute atomic E-state index is 0.0824. The summed E-state index contributed by atoms with van der Waals surface area (Å²) in [5.41, 5.74) is 2.38. The third-order valence-electron chi connectivity index (χ3n) is 4.69. The Morgan fingerprint density at radius 2 is 1.67 bits per heavy atom. The van der Waals surface area contributed by atoms with Gasteiger partial charge in [-0.15, -0.1) is 11.3 Å². The number of anilines is 1. The maximum absolute atomic E-state index is 12.5. The summed E-state index contributed by atoms with van der Waals surface area (Å²) in [5.74, 6) is 0.0824. The van der Waals surface area contributed by atoms with E-state index in [2.05, 4.69) is 34.1 Å². The molecular formula is C22H21N3OS. The molecule has 4 nitrogen and oxygen atoms in total. The highest BCUT2D eigenvalue weighted by molar-refractivity contribution is 7.16. The Morgan fingerprint density at radius 3 is 2.41 bits per heavy atom. The van der Waals surface area contributed by atoms with Crippen LogP contribution in [0.3, 0.4) is 0 Å². The number of rotatable bonds is 4. The first-order valence-corrected chi connectivity index (χ1v) is 9.88. The summed E-state index contributed by atoms with van der Waals surface area (Å²) in [6.45, 7) is 3.18. The summed E-state index contributed by atoms with van der Waals surface area (Å²) in [6, 6.07) is 18.5. The second kappa shape index (κ2) is 8.18. The van der Waals surface area contributed by atoms with Gasteiger partial charge in [0.05, 0.1) is 0 Å². The number of aromatic nitrogens is 1. The van der Waals surface area contributed by atoms with Crippen LogP contribution < -0.4 is 4.90 Å². The van der Waals surface area contributed by atoms with Crippen LogP contribution in [0, 0.1) is 0 Å². The first-order chi connectivity index (χ1) is 13.3. The van der Waals surface area contributed by atoms with Crippen LogP contribution in [0.1, 0.15) is 4.88 Å². The van der Waals surface area contributed by atoms with Gasteiger partial charge in [0, 0.05) is 60.1 Å². The summed E-state index contributed by atoms with van der Waals surface area (Å²) in [6.07, 6.45) is 7.23. The van der Waals surface area contributed by atoms with Gasteiger partial charge in [0.2, 0.25) is 5.91 Å². The fraction of sp³-hybridized carbons (Fsp3) is 0.182. The molecule has 0 N–H and O–H groups in total. The number of nitrogens with zero attached hydrogens (tertiary/aromatic N) is 3. The van der Waals surface area contributed by atoms with Crippen LogP contribution in [-0.4, -0.2) is 42.0 Å². The van der Waals surface area contributed by atoms with E-state index in [1.165, 1.54) is 16.1 Å². The quantitative estimate of drug-likeness (QED) is 0.642. The van der Waals surface area contributed by atoms with E-state index in [1.54, 1.807) is 29.8 Å². The lowest BCUT2D eigenvalue weighted by Gasteiger charge is -2.35. The van der Waals surface area contributed by atoms with Gasteiger partial charge in [0.1, 0.15) is 0 Å². The van der Waals surface area contributed by atoms with Crippen molar-refractivity contribution in [1.82, 2.24) is 9.88 Å². The van der Waals surface area contributed by atoms with E-state index in [-0.39, 0.29) is 5.91 Å². The van der Waals surface area contributed by atoms with Crippen LogP contribution in [-0.2, 0) is 4.79 Å². The molecule has 0 spiro atoms. The molecule has 1 saturated heterocycles. The summed E-state index contributed by atoms with van der Waals surface area (Å²) in [4.78, 5) is 23.1. The fourth-order valence-corrected chi connectivity index (χ4v) is 4.11. The number of hydrogen-bond donors (Lipinski definition) is 0. The molecular weight excluding hydrogens is 354 g/mol. The van der Waals surface area contributed by atoms with Crippen LogP contribution in [0.25, 0.3) is 16.5 Å². The minimum Gasteiger partial charge on any atom is -0.368 e. The summed E-state index contributed by atoms with van der Waals surface area (Å²) >= 11 is 1.70. The summed E-state index contributed by atoms with van der Waals surface area (Å²) < 4.78 is 0. The van der Waals surface area contributed by atoms with Gasteiger partial charge >= 0.3 is 0 Å². The second-order valence-electron chi connectivity index (χ2n) is 6.42. The Morgan fingerprint density at radius 1 is 0.926 bits per heavy atom. The molecule has 1 aliphatic heterocycles. The van der Waals surface area contributed by atoms with Crippen molar-refractivity contribution in [3.8, 4) is 10.4 Å². The highest BCUT2D eigenvalue weighted by atomic mass is 32.1. The van der Waals surface area contributed by atoms with Crippen molar-refractivity contribution in [2.24, 2.45) is 0 Å². The van der Waals surface area contributed by atoms with Crippen molar-refractivity contribution in [2.75, 3.05) is 31.1 Å². The lowest BCUT2D eigenvalue weighted by molar-refractivity contribution is -0.126. The lowest BCUT2D eigenvalue weighted by Crippen LogP contribution is -2.48. The molecule has 0 unspecified atom stereocenters. The third kappa shape index (κ3) is 4.26. The van der Waals surface area contributed by atoms with Crippen LogP contribution in [0.15, 0.2) is 73.1 Å². The Labute approximate surface area is 163 Å². The molecule has 0 saturated carbocycles. The van der Waals surface area contributed by atoms with Gasteiger partial charge in [-0.1, -0.05) is 30.3 Å². The number of thiophene rings is 1. The highest BCUT2D eigenvalue weighted by Gasteiger charge is 2.19. The van der Waals surface area contributed by atoms with Crippen molar-refractivity contribution in [2.45, 2.75) is 0 Å². The molecule has 2 aromatic heterocycles. The van der Waals surface area contributed by atoms with E-state index >= 15 is 0 Å². The van der Waals surface area contributed by atoms with E-state index in [1.807, 2.05) is 41.3 Å². The molecule has 0 aliphatic carbocycles. The van der Waals surface area contributed by atoms with E-state index in [4.69, 9.17) is 0 Å².